The summed E-state index contributed by atoms with van der Waals surface area (Å²) in [6, 6.07) is 12.2. The molecule has 2 fully saturated rings. The van der Waals surface area contributed by atoms with Crippen molar-refractivity contribution in [1.29, 1.82) is 0 Å². The second-order valence-electron chi connectivity index (χ2n) is 7.66. The third kappa shape index (κ3) is 4.61. The van der Waals surface area contributed by atoms with Gasteiger partial charge in [-0.25, -0.2) is 17.6 Å². The van der Waals surface area contributed by atoms with E-state index in [-0.39, 0.29) is 43.1 Å². The van der Waals surface area contributed by atoms with Crippen molar-refractivity contribution in [3.8, 4) is 0 Å². The summed E-state index contributed by atoms with van der Waals surface area (Å²) in [4.78, 5) is 14.4. The Morgan fingerprint density at radius 2 is 1.73 bits per heavy atom. The lowest BCUT2D eigenvalue weighted by Gasteiger charge is -2.35. The molecule has 2 amide bonds. The number of nitrogens with zero attached hydrogens (tertiary/aromatic N) is 2. The first kappa shape index (κ1) is 21.1. The average molecular weight is 452 g/mol. The summed E-state index contributed by atoms with van der Waals surface area (Å²) in [5.41, 5.74) is 1.02. The van der Waals surface area contributed by atoms with E-state index in [1.807, 2.05) is 24.3 Å². The number of urea groups is 1. The van der Waals surface area contributed by atoms with Crippen molar-refractivity contribution in [3.63, 3.8) is 0 Å². The second-order valence-corrected chi connectivity index (χ2v) is 10.0. The monoisotopic (exact) mass is 451 g/mol. The van der Waals surface area contributed by atoms with Crippen molar-refractivity contribution in [3.05, 3.63) is 64.9 Å². The van der Waals surface area contributed by atoms with Crippen LogP contribution in [0.4, 0.5) is 9.18 Å². The molecule has 0 unspecified atom stereocenters. The molecule has 6 nitrogen and oxygen atoms in total. The number of carbonyl (C=O) groups is 1. The van der Waals surface area contributed by atoms with Crippen LogP contribution in [0.3, 0.4) is 0 Å². The Hall–Kier alpha value is -2.16. The number of benzene rings is 2. The van der Waals surface area contributed by atoms with Crippen molar-refractivity contribution in [2.24, 2.45) is 5.92 Å². The van der Waals surface area contributed by atoms with Gasteiger partial charge in [-0.1, -0.05) is 29.8 Å². The number of hydrogen-bond donors (Lipinski definition) is 1. The van der Waals surface area contributed by atoms with E-state index in [0.717, 1.165) is 24.5 Å². The number of rotatable bonds is 5. The zero-order chi connectivity index (χ0) is 21.3. The molecule has 1 atom stereocenters. The molecule has 1 N–H and O–H groups in total. The van der Waals surface area contributed by atoms with E-state index in [2.05, 4.69) is 5.32 Å². The van der Waals surface area contributed by atoms with Crippen molar-refractivity contribution >= 4 is 27.7 Å². The Kier molecular flexibility index (Phi) is 5.99. The van der Waals surface area contributed by atoms with Gasteiger partial charge in [-0.2, -0.15) is 4.31 Å². The van der Waals surface area contributed by atoms with Crippen molar-refractivity contribution in [1.82, 2.24) is 14.5 Å². The van der Waals surface area contributed by atoms with E-state index in [0.29, 0.717) is 10.9 Å². The average Bonchev–Trinajstić information content (AvgIpc) is 3.58. The Bertz CT molecular complexity index is 1020. The van der Waals surface area contributed by atoms with Gasteiger partial charge in [-0.05, 0) is 54.7 Å². The Labute approximate surface area is 180 Å². The largest absolute Gasteiger partial charge is 0.331 e. The van der Waals surface area contributed by atoms with E-state index in [1.54, 1.807) is 4.90 Å². The minimum Gasteiger partial charge on any atom is -0.331 e. The highest BCUT2D eigenvalue weighted by atomic mass is 35.5. The first-order valence-electron chi connectivity index (χ1n) is 9.91. The zero-order valence-corrected chi connectivity index (χ0v) is 17.9. The lowest BCUT2D eigenvalue weighted by molar-refractivity contribution is 0.167. The molecule has 9 heteroatoms. The molecule has 2 aromatic carbocycles. The van der Waals surface area contributed by atoms with Gasteiger partial charge >= 0.3 is 6.03 Å². The van der Waals surface area contributed by atoms with Gasteiger partial charge in [0.1, 0.15) is 5.82 Å². The maximum atomic E-state index is 13.4. The smallest absolute Gasteiger partial charge is 0.317 e. The number of piperazine rings is 1. The van der Waals surface area contributed by atoms with Crippen molar-refractivity contribution in [2.45, 2.75) is 23.8 Å². The van der Waals surface area contributed by atoms with Crippen LogP contribution in [0.15, 0.2) is 53.4 Å². The minimum atomic E-state index is -3.78. The van der Waals surface area contributed by atoms with Crippen LogP contribution in [0.25, 0.3) is 0 Å². The number of amides is 2. The molecular weight excluding hydrogens is 429 g/mol. The van der Waals surface area contributed by atoms with Gasteiger partial charge < -0.3 is 10.2 Å². The van der Waals surface area contributed by atoms with Gasteiger partial charge in [0.05, 0.1) is 10.9 Å². The predicted molar refractivity (Wildman–Crippen MR) is 112 cm³/mol. The number of nitrogens with one attached hydrogen (secondary N) is 1. The van der Waals surface area contributed by atoms with Gasteiger partial charge in [0.15, 0.2) is 0 Å². The summed E-state index contributed by atoms with van der Waals surface area (Å²) >= 11 is 5.97. The molecule has 1 saturated carbocycles. The third-order valence-corrected chi connectivity index (χ3v) is 7.71. The summed E-state index contributed by atoms with van der Waals surface area (Å²) in [7, 11) is -3.78. The molecule has 30 heavy (non-hydrogen) atoms. The number of hydrogen-bond acceptors (Lipinski definition) is 3. The fourth-order valence-corrected chi connectivity index (χ4v) is 5.29. The summed E-state index contributed by atoms with van der Waals surface area (Å²) in [5.74, 6) is -0.188. The summed E-state index contributed by atoms with van der Waals surface area (Å²) < 4.78 is 40.2. The molecule has 0 radical (unpaired) electrons. The normalized spacial score (nSPS) is 18.8. The van der Waals surface area contributed by atoms with Gasteiger partial charge in [-0.15, -0.1) is 0 Å². The Balaban J connectivity index is 1.38. The van der Waals surface area contributed by atoms with Crippen LogP contribution in [0, 0.1) is 11.7 Å². The molecule has 0 bridgehead atoms. The van der Waals surface area contributed by atoms with E-state index in [1.165, 1.54) is 22.5 Å². The highest BCUT2D eigenvalue weighted by Gasteiger charge is 2.36. The molecule has 0 spiro atoms. The number of carbonyl (C=O) groups excluding carboxylic acids is 1. The SMILES string of the molecule is O=C(N[C@@H](c1ccc(Cl)cc1)C1CC1)N1CCN(S(=O)(=O)c2cccc(F)c2)CC1. The quantitative estimate of drug-likeness (QED) is 0.754. The fraction of sp³-hybridized carbons (Fsp3) is 0.381. The number of sulfonamides is 1. The maximum Gasteiger partial charge on any atom is 0.317 e. The summed E-state index contributed by atoms with van der Waals surface area (Å²) in [6.45, 7) is 0.888. The van der Waals surface area contributed by atoms with Crippen LogP contribution in [0.5, 0.6) is 0 Å². The van der Waals surface area contributed by atoms with Crippen LogP contribution < -0.4 is 5.32 Å². The minimum absolute atomic E-state index is 0.0723. The maximum absolute atomic E-state index is 13.4. The second kappa shape index (κ2) is 8.53. The molecule has 1 aliphatic carbocycles. The molecule has 2 aliphatic rings. The van der Waals surface area contributed by atoms with Crippen LogP contribution in [0.2, 0.25) is 5.02 Å². The Morgan fingerprint density at radius 1 is 1.07 bits per heavy atom. The van der Waals surface area contributed by atoms with Crippen LogP contribution in [-0.2, 0) is 10.0 Å². The predicted octanol–water partition coefficient (Wildman–Crippen LogP) is 3.65. The highest BCUT2D eigenvalue weighted by molar-refractivity contribution is 7.89. The van der Waals surface area contributed by atoms with Gasteiger partial charge in [0, 0.05) is 31.2 Å². The van der Waals surface area contributed by atoms with Crippen LogP contribution in [-0.4, -0.2) is 49.8 Å². The molecule has 2 aromatic rings. The molecular formula is C21H23ClFN3O3S. The lowest BCUT2D eigenvalue weighted by Crippen LogP contribution is -2.53. The molecule has 1 aliphatic heterocycles. The van der Waals surface area contributed by atoms with E-state index in [9.17, 15) is 17.6 Å². The molecule has 160 valence electrons. The molecule has 4 rings (SSSR count). The lowest BCUT2D eigenvalue weighted by atomic mass is 10.0. The fourth-order valence-electron chi connectivity index (χ4n) is 3.71. The molecule has 1 saturated heterocycles. The molecule has 1 heterocycles. The number of halogens is 2. The van der Waals surface area contributed by atoms with Gasteiger partial charge in [-0.3, -0.25) is 0 Å². The van der Waals surface area contributed by atoms with Crippen LogP contribution >= 0.6 is 11.6 Å². The van der Waals surface area contributed by atoms with E-state index in [4.69, 9.17) is 11.6 Å². The Morgan fingerprint density at radius 3 is 2.33 bits per heavy atom. The van der Waals surface area contributed by atoms with E-state index < -0.39 is 15.8 Å². The topological polar surface area (TPSA) is 69.7 Å². The highest BCUT2D eigenvalue weighted by Crippen LogP contribution is 2.41. The van der Waals surface area contributed by atoms with Crippen molar-refractivity contribution < 1.29 is 17.6 Å². The third-order valence-electron chi connectivity index (χ3n) is 5.56. The standard InChI is InChI=1S/C21H23ClFN3O3S/c22-17-8-6-16(7-9-17)20(15-4-5-15)24-21(27)25-10-12-26(13-11-25)30(28,29)19-3-1-2-18(23)14-19/h1-3,6-9,14-15,20H,4-5,10-13H2,(H,24,27)/t20-/m1/s1. The first-order chi connectivity index (χ1) is 14.3. The van der Waals surface area contributed by atoms with Crippen LogP contribution in [0.1, 0.15) is 24.4 Å². The van der Waals surface area contributed by atoms with Crippen molar-refractivity contribution in [2.75, 3.05) is 26.2 Å². The molecule has 0 aromatic heterocycles. The summed E-state index contributed by atoms with van der Waals surface area (Å²) in [6.07, 6.45) is 2.13. The first-order valence-corrected chi connectivity index (χ1v) is 11.7. The zero-order valence-electron chi connectivity index (χ0n) is 16.3. The van der Waals surface area contributed by atoms with Gasteiger partial charge in [0.2, 0.25) is 10.0 Å². The van der Waals surface area contributed by atoms with Gasteiger partial charge in [0.25, 0.3) is 0 Å². The van der Waals surface area contributed by atoms with E-state index >= 15 is 0 Å². The summed E-state index contributed by atoms with van der Waals surface area (Å²) in [5, 5.41) is 3.75.